The molecule has 0 bridgehead atoms. The van der Waals surface area contributed by atoms with E-state index in [0.717, 1.165) is 11.3 Å². The molecule has 0 unspecified atom stereocenters. The molecule has 0 spiro atoms. The van der Waals surface area contributed by atoms with Gasteiger partial charge in [0.25, 0.3) is 0 Å². The van der Waals surface area contributed by atoms with Crippen molar-refractivity contribution in [3.63, 3.8) is 0 Å². The van der Waals surface area contributed by atoms with E-state index in [4.69, 9.17) is 11.6 Å². The number of anilines is 1. The first-order valence-electron chi connectivity index (χ1n) is 7.32. The maximum absolute atomic E-state index is 11.5. The quantitative estimate of drug-likeness (QED) is 0.349. The van der Waals surface area contributed by atoms with Crippen LogP contribution in [0.2, 0.25) is 5.02 Å². The largest absolute Gasteiger partial charge is 0.364 e. The summed E-state index contributed by atoms with van der Waals surface area (Å²) < 4.78 is 0. The maximum Gasteiger partial charge on any atom is 0.343 e. The van der Waals surface area contributed by atoms with E-state index in [-0.39, 0.29) is 11.5 Å². The molecule has 2 heterocycles. The molecular weight excluding hydrogens is 380 g/mol. The Morgan fingerprint density at radius 1 is 1.24 bits per heavy atom. The zero-order chi connectivity index (χ0) is 17.6. The van der Waals surface area contributed by atoms with Crippen molar-refractivity contribution in [3.05, 3.63) is 68.1 Å². The van der Waals surface area contributed by atoms with Gasteiger partial charge in [0.15, 0.2) is 5.03 Å². The number of hydrogen-bond donors (Lipinski definition) is 1. The molecule has 1 N–H and O–H groups in total. The van der Waals surface area contributed by atoms with E-state index in [1.165, 1.54) is 23.0 Å². The van der Waals surface area contributed by atoms with E-state index >= 15 is 0 Å². The third kappa shape index (κ3) is 4.68. The van der Waals surface area contributed by atoms with Crippen molar-refractivity contribution in [2.75, 3.05) is 11.9 Å². The van der Waals surface area contributed by atoms with Crippen LogP contribution in [-0.2, 0) is 6.42 Å². The minimum atomic E-state index is -0.453. The first-order valence-corrected chi connectivity index (χ1v) is 9.40. The number of nitrogens with zero attached hydrogens (tertiary/aromatic N) is 3. The Balaban J connectivity index is 1.78. The lowest BCUT2D eigenvalue weighted by Gasteiger charge is -2.08. The van der Waals surface area contributed by atoms with Crippen LogP contribution in [0.1, 0.15) is 4.88 Å². The molecule has 0 aliphatic rings. The average molecular weight is 393 g/mol. The van der Waals surface area contributed by atoms with Crippen LogP contribution in [0.4, 0.5) is 11.5 Å². The molecule has 6 nitrogen and oxygen atoms in total. The van der Waals surface area contributed by atoms with Gasteiger partial charge in [-0.05, 0) is 42.1 Å². The number of hydrogen-bond acceptors (Lipinski definition) is 7. The van der Waals surface area contributed by atoms with Crippen LogP contribution in [0, 0.1) is 10.1 Å². The van der Waals surface area contributed by atoms with Crippen LogP contribution in [0.5, 0.6) is 0 Å². The van der Waals surface area contributed by atoms with E-state index in [1.54, 1.807) is 35.6 Å². The summed E-state index contributed by atoms with van der Waals surface area (Å²) in [7, 11) is 0. The van der Waals surface area contributed by atoms with Crippen LogP contribution in [0.25, 0.3) is 0 Å². The number of aromatic nitrogens is 2. The third-order valence-corrected chi connectivity index (χ3v) is 5.43. The van der Waals surface area contributed by atoms with Gasteiger partial charge in [0.1, 0.15) is 6.33 Å². The zero-order valence-electron chi connectivity index (χ0n) is 12.9. The fraction of sp³-hybridized carbons (Fsp3) is 0.125. The molecule has 0 saturated heterocycles. The first-order chi connectivity index (χ1) is 12.1. The fourth-order valence-corrected chi connectivity index (χ4v) is 3.80. The molecule has 2 aromatic heterocycles. The monoisotopic (exact) mass is 392 g/mol. The van der Waals surface area contributed by atoms with Crippen LogP contribution in [0.3, 0.4) is 0 Å². The molecule has 0 fully saturated rings. The van der Waals surface area contributed by atoms with Gasteiger partial charge in [-0.2, -0.15) is 0 Å². The minimum Gasteiger partial charge on any atom is -0.364 e. The lowest BCUT2D eigenvalue weighted by atomic mass is 10.3. The van der Waals surface area contributed by atoms with Gasteiger partial charge in [-0.15, -0.1) is 11.3 Å². The van der Waals surface area contributed by atoms with Crippen molar-refractivity contribution in [2.24, 2.45) is 0 Å². The van der Waals surface area contributed by atoms with Gasteiger partial charge in [0.05, 0.1) is 4.92 Å². The summed E-state index contributed by atoms with van der Waals surface area (Å²) >= 11 is 8.73. The van der Waals surface area contributed by atoms with E-state index in [1.807, 2.05) is 17.5 Å². The molecule has 0 atom stereocenters. The van der Waals surface area contributed by atoms with Crippen molar-refractivity contribution in [1.29, 1.82) is 0 Å². The van der Waals surface area contributed by atoms with Gasteiger partial charge in [-0.25, -0.2) is 9.97 Å². The summed E-state index contributed by atoms with van der Waals surface area (Å²) in [5.74, 6) is 0.230. The Morgan fingerprint density at radius 3 is 2.72 bits per heavy atom. The smallest absolute Gasteiger partial charge is 0.343 e. The number of rotatable bonds is 7. The Morgan fingerprint density at radius 2 is 2.04 bits per heavy atom. The standard InChI is InChI=1S/C16H13ClN4O2S2/c17-11-3-5-13(6-4-11)25-16-14(21(22)23)15(19-10-20-16)18-8-7-12-2-1-9-24-12/h1-6,9-10H,7-8H2,(H,18,19,20). The van der Waals surface area contributed by atoms with Gasteiger partial charge < -0.3 is 5.32 Å². The number of halogens is 1. The number of nitrogens with one attached hydrogen (secondary N) is 1. The van der Waals surface area contributed by atoms with Crippen molar-refractivity contribution in [3.8, 4) is 0 Å². The second kappa shape index (κ2) is 8.28. The predicted molar refractivity (Wildman–Crippen MR) is 101 cm³/mol. The van der Waals surface area contributed by atoms with Gasteiger partial charge in [-0.3, -0.25) is 10.1 Å². The summed E-state index contributed by atoms with van der Waals surface area (Å²) in [6.45, 7) is 0.559. The lowest BCUT2D eigenvalue weighted by Crippen LogP contribution is -2.09. The van der Waals surface area contributed by atoms with E-state index in [0.29, 0.717) is 16.6 Å². The normalized spacial score (nSPS) is 10.6. The summed E-state index contributed by atoms with van der Waals surface area (Å²) in [6.07, 6.45) is 2.11. The Bertz CT molecular complexity index is 857. The molecular formula is C16H13ClN4O2S2. The summed E-state index contributed by atoms with van der Waals surface area (Å²) in [5, 5.41) is 17.5. The van der Waals surface area contributed by atoms with Crippen molar-refractivity contribution < 1.29 is 4.92 Å². The van der Waals surface area contributed by atoms with Crippen molar-refractivity contribution in [2.45, 2.75) is 16.3 Å². The van der Waals surface area contributed by atoms with Gasteiger partial charge in [0, 0.05) is 21.3 Å². The average Bonchev–Trinajstić information content (AvgIpc) is 3.10. The summed E-state index contributed by atoms with van der Waals surface area (Å²) in [6, 6.07) is 11.1. The Hall–Kier alpha value is -2.16. The van der Waals surface area contributed by atoms with E-state index in [9.17, 15) is 10.1 Å². The molecule has 25 heavy (non-hydrogen) atoms. The first kappa shape index (κ1) is 17.7. The second-order valence-corrected chi connectivity index (χ2v) is 7.48. The molecule has 3 aromatic rings. The summed E-state index contributed by atoms with van der Waals surface area (Å²) in [5.41, 5.74) is -0.117. The van der Waals surface area contributed by atoms with E-state index in [2.05, 4.69) is 15.3 Å². The molecule has 1 aromatic carbocycles. The van der Waals surface area contributed by atoms with Gasteiger partial charge in [-0.1, -0.05) is 29.4 Å². The van der Waals surface area contributed by atoms with Crippen molar-refractivity contribution in [1.82, 2.24) is 9.97 Å². The maximum atomic E-state index is 11.5. The molecule has 128 valence electrons. The molecule has 0 aliphatic heterocycles. The molecule has 0 radical (unpaired) electrons. The van der Waals surface area contributed by atoms with Crippen LogP contribution >= 0.6 is 34.7 Å². The highest BCUT2D eigenvalue weighted by atomic mass is 35.5. The highest BCUT2D eigenvalue weighted by molar-refractivity contribution is 7.99. The number of thiophene rings is 1. The van der Waals surface area contributed by atoms with Gasteiger partial charge in [0.2, 0.25) is 5.82 Å². The minimum absolute atomic E-state index is 0.117. The topological polar surface area (TPSA) is 81.0 Å². The number of benzene rings is 1. The number of nitro groups is 1. The van der Waals surface area contributed by atoms with Crippen LogP contribution in [0.15, 0.2) is 58.0 Å². The fourth-order valence-electron chi connectivity index (χ4n) is 2.10. The molecule has 0 amide bonds. The van der Waals surface area contributed by atoms with Crippen LogP contribution in [-0.4, -0.2) is 21.4 Å². The predicted octanol–water partition coefficient (Wildman–Crippen LogP) is 4.91. The SMILES string of the molecule is O=[N+]([O-])c1c(NCCc2cccs2)ncnc1Sc1ccc(Cl)cc1. The van der Waals surface area contributed by atoms with Crippen molar-refractivity contribution >= 4 is 46.2 Å². The molecule has 3 rings (SSSR count). The van der Waals surface area contributed by atoms with Crippen LogP contribution < -0.4 is 5.32 Å². The molecule has 0 saturated carbocycles. The van der Waals surface area contributed by atoms with E-state index < -0.39 is 4.92 Å². The second-order valence-electron chi connectivity index (χ2n) is 4.95. The summed E-state index contributed by atoms with van der Waals surface area (Å²) in [4.78, 5) is 21.2. The highest BCUT2D eigenvalue weighted by Crippen LogP contribution is 2.36. The molecule has 9 heteroatoms. The highest BCUT2D eigenvalue weighted by Gasteiger charge is 2.23. The lowest BCUT2D eigenvalue weighted by molar-refractivity contribution is -0.387. The third-order valence-electron chi connectivity index (χ3n) is 3.24. The molecule has 0 aliphatic carbocycles. The zero-order valence-corrected chi connectivity index (χ0v) is 15.3. The Labute approximate surface area is 157 Å². The van der Waals surface area contributed by atoms with Gasteiger partial charge >= 0.3 is 5.69 Å². The Kier molecular flexibility index (Phi) is 5.85.